The highest BCUT2D eigenvalue weighted by Crippen LogP contribution is 2.29. The lowest BCUT2D eigenvalue weighted by Gasteiger charge is -2.17. The Balaban J connectivity index is 1.72. The number of rotatable bonds is 3. The van der Waals surface area contributed by atoms with Gasteiger partial charge < -0.3 is 0 Å². The normalized spacial score (nSPS) is 11.8. The van der Waals surface area contributed by atoms with Gasteiger partial charge in [0.1, 0.15) is 7.05 Å². The van der Waals surface area contributed by atoms with Crippen LogP contribution in [-0.2, 0) is 13.5 Å². The predicted octanol–water partition coefficient (Wildman–Crippen LogP) is 6.91. The molecule has 0 atom stereocenters. The maximum atomic E-state index is 4.75. The lowest BCUT2D eigenvalue weighted by Crippen LogP contribution is -2.30. The summed E-state index contributed by atoms with van der Waals surface area (Å²) in [7, 11) is 2.14. The molecule has 0 saturated carbocycles. The SMILES string of the molecule is Cc1cc(C)c(C)c(-c2cc3ccc(-c4ccc(CC(C)(C)C)cn4)cc3c[n+]2C)c1. The summed E-state index contributed by atoms with van der Waals surface area (Å²) in [5, 5.41) is 2.48. The average Bonchev–Trinajstić information content (AvgIpc) is 2.69. The van der Waals surface area contributed by atoms with Gasteiger partial charge in [-0.15, -0.1) is 0 Å². The van der Waals surface area contributed by atoms with E-state index in [1.165, 1.54) is 44.3 Å². The summed E-state index contributed by atoms with van der Waals surface area (Å²) in [4.78, 5) is 4.75. The van der Waals surface area contributed by atoms with Crippen molar-refractivity contribution in [3.8, 4) is 22.5 Å². The molecule has 0 spiro atoms. The predicted molar refractivity (Wildman–Crippen MR) is 131 cm³/mol. The highest BCUT2D eigenvalue weighted by Gasteiger charge is 2.16. The van der Waals surface area contributed by atoms with Gasteiger partial charge in [-0.1, -0.05) is 50.6 Å². The van der Waals surface area contributed by atoms with Crippen LogP contribution in [0.4, 0.5) is 0 Å². The van der Waals surface area contributed by atoms with Crippen molar-refractivity contribution in [2.75, 3.05) is 0 Å². The average molecular weight is 410 g/mol. The van der Waals surface area contributed by atoms with Crippen LogP contribution in [-0.4, -0.2) is 4.98 Å². The summed E-state index contributed by atoms with van der Waals surface area (Å²) in [5.41, 5.74) is 10.3. The number of hydrogen-bond donors (Lipinski definition) is 0. The van der Waals surface area contributed by atoms with Crippen LogP contribution in [0, 0.1) is 26.2 Å². The van der Waals surface area contributed by atoms with Gasteiger partial charge in [-0.3, -0.25) is 4.98 Å². The van der Waals surface area contributed by atoms with Crippen molar-refractivity contribution >= 4 is 10.8 Å². The van der Waals surface area contributed by atoms with E-state index in [2.05, 4.69) is 108 Å². The number of benzene rings is 2. The molecule has 0 aliphatic carbocycles. The molecule has 0 fully saturated rings. The molecule has 0 saturated heterocycles. The third kappa shape index (κ3) is 4.54. The summed E-state index contributed by atoms with van der Waals surface area (Å²) < 4.78 is 2.24. The monoisotopic (exact) mass is 409 g/mol. The van der Waals surface area contributed by atoms with Gasteiger partial charge in [-0.25, -0.2) is 4.57 Å². The van der Waals surface area contributed by atoms with Crippen molar-refractivity contribution in [2.24, 2.45) is 12.5 Å². The van der Waals surface area contributed by atoms with E-state index in [0.717, 1.165) is 17.7 Å². The van der Waals surface area contributed by atoms with Crippen LogP contribution in [0.5, 0.6) is 0 Å². The number of pyridine rings is 2. The zero-order valence-corrected chi connectivity index (χ0v) is 19.9. The minimum Gasteiger partial charge on any atom is -0.256 e. The third-order valence-electron chi connectivity index (χ3n) is 6.03. The van der Waals surface area contributed by atoms with E-state index in [0.29, 0.717) is 0 Å². The van der Waals surface area contributed by atoms with Crippen molar-refractivity contribution in [3.05, 3.63) is 83.2 Å². The molecular formula is C29H33N2+. The second-order valence-electron chi connectivity index (χ2n) is 10.2. The van der Waals surface area contributed by atoms with Crippen LogP contribution < -0.4 is 4.57 Å². The smallest absolute Gasteiger partial charge is 0.213 e. The first-order chi connectivity index (χ1) is 14.6. The molecule has 2 aromatic heterocycles. The van der Waals surface area contributed by atoms with Crippen LogP contribution in [0.25, 0.3) is 33.3 Å². The summed E-state index contributed by atoms with van der Waals surface area (Å²) in [6, 6.07) is 17.9. The Morgan fingerprint density at radius 2 is 1.65 bits per heavy atom. The van der Waals surface area contributed by atoms with Gasteiger partial charge in [0.2, 0.25) is 5.69 Å². The Kier molecular flexibility index (Phi) is 5.43. The highest BCUT2D eigenvalue weighted by atomic mass is 14.9. The largest absolute Gasteiger partial charge is 0.256 e. The van der Waals surface area contributed by atoms with Crippen LogP contribution in [0.2, 0.25) is 0 Å². The second kappa shape index (κ2) is 7.92. The van der Waals surface area contributed by atoms with Crippen LogP contribution in [0.15, 0.2) is 60.9 Å². The van der Waals surface area contributed by atoms with E-state index in [1.54, 1.807) is 0 Å². The molecule has 2 heterocycles. The second-order valence-corrected chi connectivity index (χ2v) is 10.2. The fraction of sp³-hybridized carbons (Fsp3) is 0.310. The molecule has 158 valence electrons. The van der Waals surface area contributed by atoms with Crippen LogP contribution in [0.1, 0.15) is 43.0 Å². The molecule has 2 nitrogen and oxygen atoms in total. The van der Waals surface area contributed by atoms with Crippen molar-refractivity contribution in [1.29, 1.82) is 0 Å². The first-order valence-corrected chi connectivity index (χ1v) is 11.1. The van der Waals surface area contributed by atoms with E-state index in [-0.39, 0.29) is 5.41 Å². The molecule has 0 aliphatic rings. The maximum Gasteiger partial charge on any atom is 0.213 e. The molecule has 0 bridgehead atoms. The van der Waals surface area contributed by atoms with Gasteiger partial charge >= 0.3 is 0 Å². The Hall–Kier alpha value is -3.00. The van der Waals surface area contributed by atoms with E-state index < -0.39 is 0 Å². The van der Waals surface area contributed by atoms with Crippen LogP contribution >= 0.6 is 0 Å². The summed E-state index contributed by atoms with van der Waals surface area (Å²) in [5.74, 6) is 0. The minimum atomic E-state index is 0.271. The molecule has 4 aromatic rings. The molecular weight excluding hydrogens is 376 g/mol. The standard InChI is InChI=1S/C29H33N2/c1-19-12-20(2)21(3)26(13-19)28-15-23-9-10-24(14-25(23)18-31(28)7)27-11-8-22(17-30-27)16-29(4,5)6/h8-15,17-18H,16H2,1-7H3/q+1. The molecule has 31 heavy (non-hydrogen) atoms. The first kappa shape index (κ1) is 21.2. The zero-order chi connectivity index (χ0) is 22.3. The van der Waals surface area contributed by atoms with E-state index >= 15 is 0 Å². The van der Waals surface area contributed by atoms with Crippen molar-refractivity contribution in [2.45, 2.75) is 48.0 Å². The van der Waals surface area contributed by atoms with Gasteiger partial charge in [0, 0.05) is 28.8 Å². The number of aryl methyl sites for hydroxylation is 3. The summed E-state index contributed by atoms with van der Waals surface area (Å²) in [6.45, 7) is 13.4. The van der Waals surface area contributed by atoms with Gasteiger partial charge in [0.15, 0.2) is 6.20 Å². The highest BCUT2D eigenvalue weighted by molar-refractivity contribution is 5.88. The fourth-order valence-electron chi connectivity index (χ4n) is 4.39. The van der Waals surface area contributed by atoms with E-state index in [1.807, 2.05) is 6.20 Å². The lowest BCUT2D eigenvalue weighted by molar-refractivity contribution is -0.659. The number of aromatic nitrogens is 2. The Morgan fingerprint density at radius 1 is 0.871 bits per heavy atom. The maximum absolute atomic E-state index is 4.75. The van der Waals surface area contributed by atoms with Crippen LogP contribution in [0.3, 0.4) is 0 Å². The molecule has 0 unspecified atom stereocenters. The topological polar surface area (TPSA) is 16.8 Å². The van der Waals surface area contributed by atoms with Gasteiger partial charge in [0.25, 0.3) is 0 Å². The molecule has 2 aromatic carbocycles. The lowest BCUT2D eigenvalue weighted by atomic mass is 9.89. The molecule has 0 aliphatic heterocycles. The molecule has 4 rings (SSSR count). The third-order valence-corrected chi connectivity index (χ3v) is 6.03. The minimum absolute atomic E-state index is 0.271. The Bertz CT molecular complexity index is 1260. The van der Waals surface area contributed by atoms with Crippen molar-refractivity contribution in [1.82, 2.24) is 4.98 Å². The summed E-state index contributed by atoms with van der Waals surface area (Å²) >= 11 is 0. The first-order valence-electron chi connectivity index (χ1n) is 11.1. The Labute approximate surface area is 186 Å². The molecule has 0 radical (unpaired) electrons. The van der Waals surface area contributed by atoms with E-state index in [9.17, 15) is 0 Å². The quantitative estimate of drug-likeness (QED) is 0.336. The van der Waals surface area contributed by atoms with E-state index in [4.69, 9.17) is 4.98 Å². The number of fused-ring (bicyclic) bond motifs is 1. The van der Waals surface area contributed by atoms with Gasteiger partial charge in [-0.05, 0) is 72.9 Å². The summed E-state index contributed by atoms with van der Waals surface area (Å²) in [6.07, 6.45) is 5.30. The Morgan fingerprint density at radius 3 is 2.32 bits per heavy atom. The molecule has 2 heteroatoms. The molecule has 0 amide bonds. The van der Waals surface area contributed by atoms with Gasteiger partial charge in [-0.2, -0.15) is 0 Å². The number of nitrogens with zero attached hydrogens (tertiary/aromatic N) is 2. The van der Waals surface area contributed by atoms with Crippen molar-refractivity contribution in [3.63, 3.8) is 0 Å². The van der Waals surface area contributed by atoms with Crippen molar-refractivity contribution < 1.29 is 4.57 Å². The number of hydrogen-bond acceptors (Lipinski definition) is 1. The van der Waals surface area contributed by atoms with Gasteiger partial charge in [0.05, 0.1) is 5.69 Å². The zero-order valence-electron chi connectivity index (χ0n) is 19.9. The molecule has 0 N–H and O–H groups in total. The fourth-order valence-corrected chi connectivity index (χ4v) is 4.39.